The van der Waals surface area contributed by atoms with Crippen molar-refractivity contribution in [2.45, 2.75) is 26.1 Å². The summed E-state index contributed by atoms with van der Waals surface area (Å²) in [6, 6.07) is 1.91. The molecular weight excluding hydrogens is 264 g/mol. The SMILES string of the molecule is C[C@@H]1CN(c2cc(Cl)c3cnn(C)c3n2)C[C@H](C)O1. The second-order valence-electron chi connectivity index (χ2n) is 5.13. The van der Waals surface area contributed by atoms with Crippen LogP contribution >= 0.6 is 11.6 Å². The first-order chi connectivity index (χ1) is 9.04. The lowest BCUT2D eigenvalue weighted by molar-refractivity contribution is -0.00544. The lowest BCUT2D eigenvalue weighted by Crippen LogP contribution is -2.45. The van der Waals surface area contributed by atoms with Gasteiger partial charge in [-0.1, -0.05) is 11.6 Å². The number of aromatic nitrogens is 3. The molecule has 3 rings (SSSR count). The third-order valence-corrected chi connectivity index (χ3v) is 3.70. The van der Waals surface area contributed by atoms with Gasteiger partial charge in [0.25, 0.3) is 0 Å². The van der Waals surface area contributed by atoms with Gasteiger partial charge in [0.2, 0.25) is 0 Å². The number of pyridine rings is 1. The lowest BCUT2D eigenvalue weighted by Gasteiger charge is -2.36. The zero-order valence-corrected chi connectivity index (χ0v) is 12.1. The van der Waals surface area contributed by atoms with Gasteiger partial charge in [-0.05, 0) is 13.8 Å². The Labute approximate surface area is 117 Å². The average Bonchev–Trinajstić information content (AvgIpc) is 2.70. The fourth-order valence-electron chi connectivity index (χ4n) is 2.59. The molecule has 0 aromatic carbocycles. The molecule has 5 nitrogen and oxygen atoms in total. The number of morpholine rings is 1. The number of aryl methyl sites for hydroxylation is 1. The van der Waals surface area contributed by atoms with Gasteiger partial charge in [-0.15, -0.1) is 0 Å². The van der Waals surface area contributed by atoms with Crippen LogP contribution in [-0.2, 0) is 11.8 Å². The zero-order chi connectivity index (χ0) is 13.6. The molecule has 0 saturated carbocycles. The third-order valence-electron chi connectivity index (χ3n) is 3.38. The standard InChI is InChI=1S/C13H17ClN4O/c1-8-6-18(7-9(2)19-8)12-4-11(14)10-5-15-17(3)13(10)16-12/h4-5,8-9H,6-7H2,1-3H3/t8-,9+. The van der Waals surface area contributed by atoms with E-state index in [-0.39, 0.29) is 12.2 Å². The Morgan fingerprint density at radius 1 is 1.32 bits per heavy atom. The highest BCUT2D eigenvalue weighted by Gasteiger charge is 2.24. The van der Waals surface area contributed by atoms with Crippen LogP contribution in [0.4, 0.5) is 5.82 Å². The summed E-state index contributed by atoms with van der Waals surface area (Å²) in [5.74, 6) is 0.892. The van der Waals surface area contributed by atoms with Crippen LogP contribution in [0.1, 0.15) is 13.8 Å². The molecule has 2 aromatic heterocycles. The molecule has 102 valence electrons. The topological polar surface area (TPSA) is 43.2 Å². The van der Waals surface area contributed by atoms with Crippen molar-refractivity contribution in [3.63, 3.8) is 0 Å². The molecule has 0 N–H and O–H groups in total. The summed E-state index contributed by atoms with van der Waals surface area (Å²) < 4.78 is 7.49. The van der Waals surface area contributed by atoms with Gasteiger partial charge in [-0.25, -0.2) is 4.98 Å². The summed E-state index contributed by atoms with van der Waals surface area (Å²) in [5, 5.41) is 5.78. The van der Waals surface area contributed by atoms with Crippen LogP contribution in [-0.4, -0.2) is 40.1 Å². The molecule has 1 fully saturated rings. The van der Waals surface area contributed by atoms with Crippen molar-refractivity contribution in [3.8, 4) is 0 Å². The van der Waals surface area contributed by atoms with Crippen LogP contribution in [0.5, 0.6) is 0 Å². The highest BCUT2D eigenvalue weighted by atomic mass is 35.5. The predicted molar refractivity (Wildman–Crippen MR) is 75.7 cm³/mol. The number of halogens is 1. The number of nitrogens with zero attached hydrogens (tertiary/aromatic N) is 4. The van der Waals surface area contributed by atoms with Crippen molar-refractivity contribution in [2.24, 2.45) is 7.05 Å². The molecule has 2 atom stereocenters. The maximum atomic E-state index is 6.32. The van der Waals surface area contributed by atoms with E-state index >= 15 is 0 Å². The van der Waals surface area contributed by atoms with E-state index in [9.17, 15) is 0 Å². The van der Waals surface area contributed by atoms with Crippen molar-refractivity contribution in [2.75, 3.05) is 18.0 Å². The highest BCUT2D eigenvalue weighted by molar-refractivity contribution is 6.35. The van der Waals surface area contributed by atoms with Crippen molar-refractivity contribution < 1.29 is 4.74 Å². The normalized spacial score (nSPS) is 24.1. The van der Waals surface area contributed by atoms with Crippen molar-refractivity contribution in [1.82, 2.24) is 14.8 Å². The molecule has 0 radical (unpaired) electrons. The van der Waals surface area contributed by atoms with Gasteiger partial charge in [0.15, 0.2) is 5.65 Å². The maximum Gasteiger partial charge on any atom is 0.161 e. The first-order valence-electron chi connectivity index (χ1n) is 6.43. The Morgan fingerprint density at radius 2 is 2.00 bits per heavy atom. The van der Waals surface area contributed by atoms with Gasteiger partial charge >= 0.3 is 0 Å². The number of ether oxygens (including phenoxy) is 1. The molecule has 1 saturated heterocycles. The summed E-state index contributed by atoms with van der Waals surface area (Å²) >= 11 is 6.32. The molecule has 0 unspecified atom stereocenters. The largest absolute Gasteiger partial charge is 0.372 e. The van der Waals surface area contributed by atoms with Crippen LogP contribution in [0.3, 0.4) is 0 Å². The van der Waals surface area contributed by atoms with Crippen molar-refractivity contribution in [1.29, 1.82) is 0 Å². The van der Waals surface area contributed by atoms with Crippen molar-refractivity contribution in [3.05, 3.63) is 17.3 Å². The molecule has 2 aromatic rings. The number of hydrogen-bond donors (Lipinski definition) is 0. The van der Waals surface area contributed by atoms with Crippen LogP contribution in [0.2, 0.25) is 5.02 Å². The fourth-order valence-corrected chi connectivity index (χ4v) is 2.82. The molecule has 6 heteroatoms. The number of fused-ring (bicyclic) bond motifs is 1. The van der Waals surface area contributed by atoms with Crippen LogP contribution in [0.15, 0.2) is 12.3 Å². The van der Waals surface area contributed by atoms with E-state index < -0.39 is 0 Å². The summed E-state index contributed by atoms with van der Waals surface area (Å²) in [7, 11) is 1.88. The second kappa shape index (κ2) is 4.65. The molecule has 3 heterocycles. The average molecular weight is 281 g/mol. The molecule has 0 amide bonds. The van der Waals surface area contributed by atoms with Crippen molar-refractivity contribution >= 4 is 28.5 Å². The zero-order valence-electron chi connectivity index (χ0n) is 11.3. The smallest absolute Gasteiger partial charge is 0.161 e. The first kappa shape index (κ1) is 12.7. The first-order valence-corrected chi connectivity index (χ1v) is 6.81. The third kappa shape index (κ3) is 2.28. The molecule has 19 heavy (non-hydrogen) atoms. The minimum Gasteiger partial charge on any atom is -0.372 e. The van der Waals surface area contributed by atoms with E-state index in [0.717, 1.165) is 29.9 Å². The van der Waals surface area contributed by atoms with Crippen LogP contribution in [0.25, 0.3) is 11.0 Å². The van der Waals surface area contributed by atoms with E-state index in [2.05, 4.69) is 28.8 Å². The Morgan fingerprint density at radius 3 is 2.68 bits per heavy atom. The van der Waals surface area contributed by atoms with E-state index in [0.29, 0.717) is 5.02 Å². The van der Waals surface area contributed by atoms with Gasteiger partial charge in [0.05, 0.1) is 28.8 Å². The quantitative estimate of drug-likeness (QED) is 0.803. The van der Waals surface area contributed by atoms with E-state index in [1.165, 1.54) is 0 Å². The Bertz CT molecular complexity index is 602. The molecule has 1 aliphatic heterocycles. The summed E-state index contributed by atoms with van der Waals surface area (Å²) in [6.07, 6.45) is 2.15. The van der Waals surface area contributed by atoms with E-state index in [4.69, 9.17) is 16.3 Å². The summed E-state index contributed by atoms with van der Waals surface area (Å²) in [5.41, 5.74) is 0.814. The van der Waals surface area contributed by atoms with Gasteiger partial charge in [0.1, 0.15) is 5.82 Å². The van der Waals surface area contributed by atoms with Crippen LogP contribution in [0, 0.1) is 0 Å². The molecular formula is C13H17ClN4O. The number of anilines is 1. The molecule has 1 aliphatic rings. The van der Waals surface area contributed by atoms with Gasteiger partial charge in [-0.3, -0.25) is 4.68 Å². The second-order valence-corrected chi connectivity index (χ2v) is 5.54. The predicted octanol–water partition coefficient (Wildman–Crippen LogP) is 2.24. The van der Waals surface area contributed by atoms with Gasteiger partial charge in [0, 0.05) is 26.2 Å². The molecule has 0 bridgehead atoms. The molecule has 0 aliphatic carbocycles. The Hall–Kier alpha value is -1.33. The van der Waals surface area contributed by atoms with Crippen LogP contribution < -0.4 is 4.90 Å². The maximum absolute atomic E-state index is 6.32. The number of rotatable bonds is 1. The monoisotopic (exact) mass is 280 g/mol. The lowest BCUT2D eigenvalue weighted by atomic mass is 10.2. The van der Waals surface area contributed by atoms with E-state index in [1.54, 1.807) is 10.9 Å². The minimum atomic E-state index is 0.201. The van der Waals surface area contributed by atoms with Gasteiger partial charge < -0.3 is 9.64 Å². The summed E-state index contributed by atoms with van der Waals surface area (Å²) in [6.45, 7) is 5.81. The summed E-state index contributed by atoms with van der Waals surface area (Å²) in [4.78, 5) is 6.89. The van der Waals surface area contributed by atoms with Gasteiger partial charge in [-0.2, -0.15) is 5.10 Å². The minimum absolute atomic E-state index is 0.201. The Balaban J connectivity index is 2.02. The molecule has 0 spiro atoms. The van der Waals surface area contributed by atoms with E-state index in [1.807, 2.05) is 13.1 Å². The number of hydrogen-bond acceptors (Lipinski definition) is 4. The highest BCUT2D eigenvalue weighted by Crippen LogP contribution is 2.27. The fraction of sp³-hybridized carbons (Fsp3) is 0.538. The Kier molecular flexibility index (Phi) is 3.11.